The van der Waals surface area contributed by atoms with E-state index < -0.39 is 6.04 Å². The molecule has 0 spiro atoms. The Kier molecular flexibility index (Phi) is 6.86. The van der Waals surface area contributed by atoms with Crippen LogP contribution in [0.1, 0.15) is 29.3 Å². The molecule has 7 heteroatoms. The van der Waals surface area contributed by atoms with E-state index in [-0.39, 0.29) is 25.0 Å². The second kappa shape index (κ2) is 10.4. The summed E-state index contributed by atoms with van der Waals surface area (Å²) in [5.74, 6) is 0.848. The van der Waals surface area contributed by atoms with Crippen molar-refractivity contribution < 1.29 is 19.1 Å². The summed E-state index contributed by atoms with van der Waals surface area (Å²) in [5.41, 5.74) is 5.85. The SMILES string of the molecule is CCc1cccc2c(CC(=O)N[C@@H](Cc3ccccc3)C(=O)N(C)c3ccc4c(c3)OCO4)c(C)[nH]c12. The normalized spacial score (nSPS) is 12.9. The van der Waals surface area contributed by atoms with Crippen LogP contribution in [0.15, 0.2) is 66.7 Å². The number of likely N-dealkylation sites (N-methyl/N-ethyl adjacent to an activating group) is 1. The van der Waals surface area contributed by atoms with Crippen molar-refractivity contribution in [3.8, 4) is 11.5 Å². The Labute approximate surface area is 216 Å². The van der Waals surface area contributed by atoms with Gasteiger partial charge >= 0.3 is 0 Å². The molecule has 7 nitrogen and oxygen atoms in total. The van der Waals surface area contributed by atoms with Gasteiger partial charge in [-0.1, -0.05) is 55.5 Å². The number of nitrogens with one attached hydrogen (secondary N) is 2. The van der Waals surface area contributed by atoms with Crippen molar-refractivity contribution in [1.82, 2.24) is 10.3 Å². The molecular formula is C30H31N3O4. The van der Waals surface area contributed by atoms with Crippen LogP contribution in [0.5, 0.6) is 11.5 Å². The number of hydrogen-bond acceptors (Lipinski definition) is 4. The molecular weight excluding hydrogens is 466 g/mol. The van der Waals surface area contributed by atoms with Crippen molar-refractivity contribution in [1.29, 1.82) is 0 Å². The van der Waals surface area contributed by atoms with E-state index in [2.05, 4.69) is 23.3 Å². The lowest BCUT2D eigenvalue weighted by atomic mass is 10.0. The van der Waals surface area contributed by atoms with Crippen LogP contribution in [-0.4, -0.2) is 36.7 Å². The minimum atomic E-state index is -0.734. The zero-order valence-corrected chi connectivity index (χ0v) is 21.3. The van der Waals surface area contributed by atoms with Crippen molar-refractivity contribution in [3.05, 3.63) is 89.1 Å². The topological polar surface area (TPSA) is 83.7 Å². The molecule has 0 aliphatic carbocycles. The third kappa shape index (κ3) is 5.03. The van der Waals surface area contributed by atoms with Gasteiger partial charge in [0.25, 0.3) is 0 Å². The number of rotatable bonds is 8. The first-order chi connectivity index (χ1) is 17.9. The van der Waals surface area contributed by atoms with Crippen LogP contribution in [0.3, 0.4) is 0 Å². The average Bonchev–Trinajstić information content (AvgIpc) is 3.51. The number of aromatic amines is 1. The number of carbonyl (C=O) groups is 2. The molecule has 4 aromatic rings. The lowest BCUT2D eigenvalue weighted by molar-refractivity contribution is -0.127. The highest BCUT2D eigenvalue weighted by Crippen LogP contribution is 2.35. The number of ether oxygens (including phenoxy) is 2. The summed E-state index contributed by atoms with van der Waals surface area (Å²) in [6, 6.07) is 20.5. The first-order valence-electron chi connectivity index (χ1n) is 12.5. The summed E-state index contributed by atoms with van der Waals surface area (Å²) in [6.45, 7) is 4.27. The van der Waals surface area contributed by atoms with E-state index >= 15 is 0 Å². The minimum Gasteiger partial charge on any atom is -0.454 e. The number of carbonyl (C=O) groups excluding carboxylic acids is 2. The number of nitrogens with zero attached hydrogens (tertiary/aromatic N) is 1. The first-order valence-corrected chi connectivity index (χ1v) is 12.5. The smallest absolute Gasteiger partial charge is 0.249 e. The lowest BCUT2D eigenvalue weighted by Gasteiger charge is -2.25. The number of amides is 2. The molecule has 1 aliphatic heterocycles. The molecule has 2 N–H and O–H groups in total. The third-order valence-corrected chi connectivity index (χ3v) is 6.95. The van der Waals surface area contributed by atoms with Gasteiger partial charge in [0.15, 0.2) is 11.5 Å². The fourth-order valence-electron chi connectivity index (χ4n) is 4.90. The molecule has 0 bridgehead atoms. The van der Waals surface area contributed by atoms with Gasteiger partial charge in [-0.25, -0.2) is 0 Å². The molecule has 1 atom stereocenters. The predicted molar refractivity (Wildman–Crippen MR) is 144 cm³/mol. The molecule has 1 aromatic heterocycles. The number of benzene rings is 3. The van der Waals surface area contributed by atoms with Crippen LogP contribution < -0.4 is 19.7 Å². The highest BCUT2D eigenvalue weighted by atomic mass is 16.7. The van der Waals surface area contributed by atoms with Crippen LogP contribution >= 0.6 is 0 Å². The van der Waals surface area contributed by atoms with Gasteiger partial charge in [-0.05, 0) is 42.2 Å². The summed E-state index contributed by atoms with van der Waals surface area (Å²) < 4.78 is 10.9. The van der Waals surface area contributed by atoms with Gasteiger partial charge in [-0.3, -0.25) is 9.59 Å². The van der Waals surface area contributed by atoms with Gasteiger partial charge in [-0.2, -0.15) is 0 Å². The molecule has 0 fully saturated rings. The molecule has 2 heterocycles. The van der Waals surface area contributed by atoms with Crippen molar-refractivity contribution in [2.45, 2.75) is 39.2 Å². The Morgan fingerprint density at radius 1 is 1.03 bits per heavy atom. The summed E-state index contributed by atoms with van der Waals surface area (Å²) in [4.78, 5) is 32.0. The first kappa shape index (κ1) is 24.4. The fraction of sp³-hybridized carbons (Fsp3) is 0.267. The number of para-hydroxylation sites is 1. The van der Waals surface area contributed by atoms with E-state index in [9.17, 15) is 9.59 Å². The number of aromatic nitrogens is 1. The molecule has 0 saturated heterocycles. The molecule has 5 rings (SSSR count). The van der Waals surface area contributed by atoms with Gasteiger partial charge in [-0.15, -0.1) is 0 Å². The molecule has 190 valence electrons. The fourth-order valence-corrected chi connectivity index (χ4v) is 4.90. The maximum absolute atomic E-state index is 13.7. The second-order valence-electron chi connectivity index (χ2n) is 9.34. The Bertz CT molecular complexity index is 1440. The van der Waals surface area contributed by atoms with Crippen molar-refractivity contribution >= 4 is 28.4 Å². The van der Waals surface area contributed by atoms with Crippen LogP contribution in [0, 0.1) is 6.92 Å². The number of hydrogen-bond donors (Lipinski definition) is 2. The molecule has 3 aromatic carbocycles. The van der Waals surface area contributed by atoms with E-state index in [4.69, 9.17) is 9.47 Å². The summed E-state index contributed by atoms with van der Waals surface area (Å²) >= 11 is 0. The van der Waals surface area contributed by atoms with Crippen molar-refractivity contribution in [2.75, 3.05) is 18.7 Å². The van der Waals surface area contributed by atoms with Gasteiger partial charge in [0, 0.05) is 41.8 Å². The molecule has 0 unspecified atom stereocenters. The maximum Gasteiger partial charge on any atom is 0.249 e. The van der Waals surface area contributed by atoms with Crippen LogP contribution in [0.4, 0.5) is 5.69 Å². The van der Waals surface area contributed by atoms with E-state index in [1.54, 1.807) is 24.1 Å². The summed E-state index contributed by atoms with van der Waals surface area (Å²) in [6.07, 6.45) is 1.47. The van der Waals surface area contributed by atoms with Crippen LogP contribution in [-0.2, 0) is 28.9 Å². The number of fused-ring (bicyclic) bond motifs is 2. The number of H-pyrrole nitrogens is 1. The highest BCUT2D eigenvalue weighted by Gasteiger charge is 2.27. The van der Waals surface area contributed by atoms with Crippen LogP contribution in [0.25, 0.3) is 10.9 Å². The molecule has 0 saturated carbocycles. The monoisotopic (exact) mass is 497 g/mol. The molecule has 0 radical (unpaired) electrons. The van der Waals surface area contributed by atoms with E-state index in [1.165, 1.54) is 5.56 Å². The Hall–Kier alpha value is -4.26. The molecule has 1 aliphatic rings. The van der Waals surface area contributed by atoms with Gasteiger partial charge in [0.2, 0.25) is 18.6 Å². The Morgan fingerprint density at radius 2 is 1.81 bits per heavy atom. The van der Waals surface area contributed by atoms with Gasteiger partial charge < -0.3 is 24.7 Å². The minimum absolute atomic E-state index is 0.163. The largest absolute Gasteiger partial charge is 0.454 e. The lowest BCUT2D eigenvalue weighted by Crippen LogP contribution is -2.49. The Morgan fingerprint density at radius 3 is 2.59 bits per heavy atom. The molecule has 37 heavy (non-hydrogen) atoms. The van der Waals surface area contributed by atoms with E-state index in [1.807, 2.05) is 55.5 Å². The Balaban J connectivity index is 1.38. The number of anilines is 1. The van der Waals surface area contributed by atoms with Crippen molar-refractivity contribution in [2.24, 2.45) is 0 Å². The second-order valence-corrected chi connectivity index (χ2v) is 9.34. The zero-order chi connectivity index (χ0) is 25.9. The van der Waals surface area contributed by atoms with E-state index in [0.29, 0.717) is 23.6 Å². The van der Waals surface area contributed by atoms with E-state index in [0.717, 1.165) is 34.1 Å². The third-order valence-electron chi connectivity index (χ3n) is 6.95. The predicted octanol–water partition coefficient (Wildman–Crippen LogP) is 4.70. The summed E-state index contributed by atoms with van der Waals surface area (Å²) in [7, 11) is 1.71. The van der Waals surface area contributed by atoms with Gasteiger partial charge in [0.1, 0.15) is 6.04 Å². The van der Waals surface area contributed by atoms with Crippen molar-refractivity contribution in [3.63, 3.8) is 0 Å². The maximum atomic E-state index is 13.7. The molecule has 2 amide bonds. The highest BCUT2D eigenvalue weighted by molar-refractivity contribution is 6.00. The van der Waals surface area contributed by atoms with Crippen LogP contribution in [0.2, 0.25) is 0 Å². The quantitative estimate of drug-likeness (QED) is 0.370. The zero-order valence-electron chi connectivity index (χ0n) is 21.3. The average molecular weight is 498 g/mol. The summed E-state index contributed by atoms with van der Waals surface area (Å²) in [5, 5.41) is 4.08. The van der Waals surface area contributed by atoms with Gasteiger partial charge in [0.05, 0.1) is 6.42 Å². The standard InChI is InChI=1S/C30H31N3O4/c1-4-21-11-8-12-23-24(19(2)31-29(21)23)17-28(34)32-25(15-20-9-6-5-7-10-20)30(35)33(3)22-13-14-26-27(16-22)37-18-36-26/h5-14,16,25,31H,4,15,17-18H2,1-3H3,(H,32,34)/t25-/m0/s1. The number of aryl methyl sites for hydroxylation is 2.